The van der Waals surface area contributed by atoms with Crippen molar-refractivity contribution in [2.45, 2.75) is 6.92 Å². The van der Waals surface area contributed by atoms with Gasteiger partial charge < -0.3 is 0 Å². The summed E-state index contributed by atoms with van der Waals surface area (Å²) in [5.74, 6) is 0. The van der Waals surface area contributed by atoms with Crippen molar-refractivity contribution < 1.29 is 0 Å². The van der Waals surface area contributed by atoms with Crippen molar-refractivity contribution in [1.29, 1.82) is 0 Å². The van der Waals surface area contributed by atoms with E-state index in [9.17, 15) is 0 Å². The number of hydrogen-bond donors (Lipinski definition) is 0. The number of allylic oxidation sites excluding steroid dienone is 1. The van der Waals surface area contributed by atoms with E-state index in [4.69, 9.17) is 7.85 Å². The Hall–Kier alpha value is -0.975. The van der Waals surface area contributed by atoms with Crippen LogP contribution in [0.25, 0.3) is 0 Å². The summed E-state index contributed by atoms with van der Waals surface area (Å²) >= 11 is 0. The monoisotopic (exact) mass is 130 g/mol. The van der Waals surface area contributed by atoms with Crippen LogP contribution in [0, 0.1) is 0 Å². The van der Waals surface area contributed by atoms with E-state index in [1.807, 2.05) is 36.4 Å². The molecular formula is C9H11B. The van der Waals surface area contributed by atoms with Crippen molar-refractivity contribution in [3.63, 3.8) is 0 Å². The summed E-state index contributed by atoms with van der Waals surface area (Å²) in [4.78, 5) is 0. The Morgan fingerprint density at radius 2 is 1.10 bits per heavy atom. The molecule has 1 heteroatoms. The fourth-order valence-corrected chi connectivity index (χ4v) is 0.385. The van der Waals surface area contributed by atoms with Gasteiger partial charge in [-0.1, -0.05) is 43.3 Å². The smallest absolute Gasteiger partial charge is 0.106 e. The van der Waals surface area contributed by atoms with Crippen molar-refractivity contribution in [3.8, 4) is 0 Å². The second kappa shape index (κ2) is 6.15. The Labute approximate surface area is 64.0 Å². The summed E-state index contributed by atoms with van der Waals surface area (Å²) in [6, 6.07) is 12.0. The van der Waals surface area contributed by atoms with Crippen LogP contribution in [0.5, 0.6) is 0 Å². The lowest BCUT2D eigenvalue weighted by Crippen LogP contribution is -1.56. The summed E-state index contributed by atoms with van der Waals surface area (Å²) in [6.07, 6.45) is 0. The number of rotatable bonds is 0. The minimum absolute atomic E-state index is 0.667. The molecule has 0 bridgehead atoms. The molecule has 2 radical (unpaired) electrons. The zero-order valence-electron chi connectivity index (χ0n) is 6.25. The van der Waals surface area contributed by atoms with E-state index >= 15 is 0 Å². The zero-order valence-corrected chi connectivity index (χ0v) is 6.25. The van der Waals surface area contributed by atoms with Crippen LogP contribution in [0.2, 0.25) is 0 Å². The van der Waals surface area contributed by atoms with Crippen LogP contribution >= 0.6 is 0 Å². The van der Waals surface area contributed by atoms with E-state index in [-0.39, 0.29) is 0 Å². The van der Waals surface area contributed by atoms with Crippen LogP contribution in [-0.2, 0) is 0 Å². The lowest BCUT2D eigenvalue weighted by molar-refractivity contribution is 1.72. The van der Waals surface area contributed by atoms with Gasteiger partial charge in [0.15, 0.2) is 0 Å². The van der Waals surface area contributed by atoms with Crippen molar-refractivity contribution in [2.75, 3.05) is 0 Å². The van der Waals surface area contributed by atoms with Gasteiger partial charge in [0.2, 0.25) is 0 Å². The molecule has 0 heterocycles. The van der Waals surface area contributed by atoms with Gasteiger partial charge in [-0.15, -0.1) is 12.1 Å². The van der Waals surface area contributed by atoms with E-state index < -0.39 is 0 Å². The highest BCUT2D eigenvalue weighted by atomic mass is 13.6. The Balaban J connectivity index is 0.000000180. The highest BCUT2D eigenvalue weighted by Crippen LogP contribution is 1.79. The molecule has 0 atom stereocenters. The normalized spacial score (nSPS) is 7.30. The molecule has 0 spiro atoms. The molecule has 0 unspecified atom stereocenters. The van der Waals surface area contributed by atoms with E-state index in [0.717, 1.165) is 0 Å². The average molecular weight is 130 g/mol. The average Bonchev–Trinajstić information content (AvgIpc) is 1.90. The molecule has 1 aromatic carbocycles. The first-order valence-electron chi connectivity index (χ1n) is 3.14. The molecule has 0 fully saturated rings. The standard InChI is InChI=1S/C6H6.C3H5B/c1-2-4-6-5-3-1;1-3(2)4/h1-6H;1H2,2H3. The highest BCUT2D eigenvalue weighted by molar-refractivity contribution is 6.20. The third kappa shape index (κ3) is 10.1. The Morgan fingerprint density at radius 1 is 1.00 bits per heavy atom. The fraction of sp³-hybridized carbons (Fsp3) is 0.111. The van der Waals surface area contributed by atoms with Gasteiger partial charge in [0.1, 0.15) is 7.85 Å². The predicted octanol–water partition coefficient (Wildman–Crippen LogP) is 2.38. The summed E-state index contributed by atoms with van der Waals surface area (Å²) in [5.41, 5.74) is 0.667. The topological polar surface area (TPSA) is 0 Å². The number of hydrogen-bond acceptors (Lipinski definition) is 0. The second-order valence-corrected chi connectivity index (χ2v) is 2.00. The highest BCUT2D eigenvalue weighted by Gasteiger charge is 1.57. The largest absolute Gasteiger partial charge is 0.128 e. The van der Waals surface area contributed by atoms with Gasteiger partial charge in [-0.05, 0) is 0 Å². The second-order valence-electron chi connectivity index (χ2n) is 2.00. The maximum absolute atomic E-state index is 4.92. The first-order chi connectivity index (χ1) is 4.73. The van der Waals surface area contributed by atoms with E-state index in [2.05, 4.69) is 6.58 Å². The SMILES string of the molecule is [B]C(=C)C.c1ccccc1. The summed E-state index contributed by atoms with van der Waals surface area (Å²) in [6.45, 7) is 5.08. The molecule has 0 N–H and O–H groups in total. The van der Waals surface area contributed by atoms with E-state index in [1.54, 1.807) is 6.92 Å². The Bertz CT molecular complexity index is 137. The molecule has 0 saturated heterocycles. The van der Waals surface area contributed by atoms with Crippen LogP contribution in [0.15, 0.2) is 48.4 Å². The third-order valence-corrected chi connectivity index (χ3v) is 0.667. The molecule has 0 aliphatic carbocycles. The molecule has 0 amide bonds. The van der Waals surface area contributed by atoms with Crippen LogP contribution in [0.1, 0.15) is 6.92 Å². The molecular weight excluding hydrogens is 119 g/mol. The van der Waals surface area contributed by atoms with Crippen LogP contribution < -0.4 is 0 Å². The lowest BCUT2D eigenvalue weighted by atomic mass is 10.0. The minimum Gasteiger partial charge on any atom is -0.128 e. The van der Waals surface area contributed by atoms with Gasteiger partial charge in [-0.3, -0.25) is 0 Å². The molecule has 0 saturated carbocycles. The first-order valence-corrected chi connectivity index (χ1v) is 3.14. The lowest BCUT2D eigenvalue weighted by Gasteiger charge is -1.69. The van der Waals surface area contributed by atoms with Gasteiger partial charge in [0.25, 0.3) is 0 Å². The summed E-state index contributed by atoms with van der Waals surface area (Å²) < 4.78 is 0. The Kier molecular flexibility index (Phi) is 5.55. The van der Waals surface area contributed by atoms with E-state index in [0.29, 0.717) is 5.47 Å². The van der Waals surface area contributed by atoms with Gasteiger partial charge in [0, 0.05) is 0 Å². The van der Waals surface area contributed by atoms with Gasteiger partial charge in [0.05, 0.1) is 0 Å². The molecule has 0 aliphatic heterocycles. The van der Waals surface area contributed by atoms with Crippen molar-refractivity contribution in [2.24, 2.45) is 0 Å². The molecule has 1 rings (SSSR count). The minimum atomic E-state index is 0.667. The molecule has 0 nitrogen and oxygen atoms in total. The van der Waals surface area contributed by atoms with Crippen molar-refractivity contribution >= 4 is 7.85 Å². The Morgan fingerprint density at radius 3 is 1.20 bits per heavy atom. The van der Waals surface area contributed by atoms with Gasteiger partial charge >= 0.3 is 0 Å². The molecule has 0 aromatic heterocycles. The predicted molar refractivity (Wildman–Crippen MR) is 47.0 cm³/mol. The van der Waals surface area contributed by atoms with Crippen LogP contribution in [-0.4, -0.2) is 7.85 Å². The first kappa shape index (κ1) is 9.02. The fourth-order valence-electron chi connectivity index (χ4n) is 0.385. The maximum Gasteiger partial charge on any atom is 0.106 e. The molecule has 10 heavy (non-hydrogen) atoms. The maximum atomic E-state index is 4.92. The van der Waals surface area contributed by atoms with Crippen LogP contribution in [0.3, 0.4) is 0 Å². The molecule has 50 valence electrons. The van der Waals surface area contributed by atoms with Gasteiger partial charge in [-0.25, -0.2) is 0 Å². The molecule has 1 aromatic rings. The van der Waals surface area contributed by atoms with Crippen molar-refractivity contribution in [1.82, 2.24) is 0 Å². The van der Waals surface area contributed by atoms with E-state index in [1.165, 1.54) is 0 Å². The summed E-state index contributed by atoms with van der Waals surface area (Å²) in [5, 5.41) is 0. The quantitative estimate of drug-likeness (QED) is 0.473. The van der Waals surface area contributed by atoms with Gasteiger partial charge in [-0.2, -0.15) is 0 Å². The van der Waals surface area contributed by atoms with Crippen molar-refractivity contribution in [3.05, 3.63) is 48.4 Å². The third-order valence-electron chi connectivity index (χ3n) is 0.667. The zero-order chi connectivity index (χ0) is 7.82. The summed E-state index contributed by atoms with van der Waals surface area (Å²) in [7, 11) is 4.92. The molecule has 0 aliphatic rings. The number of benzene rings is 1. The van der Waals surface area contributed by atoms with Crippen LogP contribution in [0.4, 0.5) is 0 Å².